The molecule has 2 N–H and O–H groups in total. The van der Waals surface area contributed by atoms with Gasteiger partial charge in [0, 0.05) is 6.04 Å². The van der Waals surface area contributed by atoms with Gasteiger partial charge in [0.2, 0.25) is 0 Å². The fourth-order valence-corrected chi connectivity index (χ4v) is 2.05. The Morgan fingerprint density at radius 3 is 2.38 bits per heavy atom. The molecule has 1 aliphatic rings. The summed E-state index contributed by atoms with van der Waals surface area (Å²) in [5, 5.41) is 5.70. The fraction of sp³-hybridized carbons (Fsp3) is 0.429. The quantitative estimate of drug-likeness (QED) is 0.893. The Kier molecular flexibility index (Phi) is 4.11. The molecule has 0 spiro atoms. The minimum absolute atomic E-state index is 0.0389. The van der Waals surface area contributed by atoms with Crippen molar-refractivity contribution in [2.75, 3.05) is 0 Å². The second kappa shape index (κ2) is 5.67. The highest BCUT2D eigenvalue weighted by atomic mass is 19.3. The van der Waals surface area contributed by atoms with E-state index in [0.717, 1.165) is 0 Å². The maximum Gasteiger partial charge on any atom is 0.387 e. The Morgan fingerprint density at radius 1 is 1.24 bits per heavy atom. The summed E-state index contributed by atoms with van der Waals surface area (Å²) in [6.07, 6.45) is 0. The zero-order valence-electron chi connectivity index (χ0n) is 12.0. The molecule has 7 heteroatoms. The maximum atomic E-state index is 12.1. The van der Waals surface area contributed by atoms with Crippen LogP contribution in [0.1, 0.15) is 26.3 Å². The largest absolute Gasteiger partial charge is 0.435 e. The summed E-state index contributed by atoms with van der Waals surface area (Å²) in [6.45, 7) is 2.62. The lowest BCUT2D eigenvalue weighted by Crippen LogP contribution is -2.40. The minimum atomic E-state index is -2.87. The summed E-state index contributed by atoms with van der Waals surface area (Å²) in [6, 6.07) is 5.99. The van der Waals surface area contributed by atoms with E-state index in [0.29, 0.717) is 11.5 Å². The van der Waals surface area contributed by atoms with E-state index in [1.54, 1.807) is 19.1 Å². The Bertz CT molecular complexity index is 558. The average Bonchev–Trinajstić information content (AvgIpc) is 2.64. The van der Waals surface area contributed by atoms with Crippen molar-refractivity contribution in [1.29, 1.82) is 0 Å². The van der Waals surface area contributed by atoms with Crippen LogP contribution in [0.4, 0.5) is 8.78 Å². The molecule has 1 aromatic rings. The van der Waals surface area contributed by atoms with Gasteiger partial charge in [0.05, 0.1) is 0 Å². The molecule has 5 nitrogen and oxygen atoms in total. The second-order valence-corrected chi connectivity index (χ2v) is 5.18. The van der Waals surface area contributed by atoms with Gasteiger partial charge >= 0.3 is 6.61 Å². The third-order valence-electron chi connectivity index (χ3n) is 3.10. The maximum absolute atomic E-state index is 12.1. The SMILES string of the molecule is CC(C)N=C1NC(=O)C(C)(c2ccc(OC(F)F)cc2)N1. The van der Waals surface area contributed by atoms with Crippen molar-refractivity contribution in [1.82, 2.24) is 10.6 Å². The van der Waals surface area contributed by atoms with E-state index in [2.05, 4.69) is 20.4 Å². The lowest BCUT2D eigenvalue weighted by atomic mass is 9.92. The van der Waals surface area contributed by atoms with Crippen molar-refractivity contribution in [3.63, 3.8) is 0 Å². The van der Waals surface area contributed by atoms with Crippen LogP contribution in [0.5, 0.6) is 5.75 Å². The van der Waals surface area contributed by atoms with Gasteiger partial charge in [-0.15, -0.1) is 0 Å². The van der Waals surface area contributed by atoms with Crippen LogP contribution in [0.3, 0.4) is 0 Å². The lowest BCUT2D eigenvalue weighted by molar-refractivity contribution is -0.123. The van der Waals surface area contributed by atoms with Crippen LogP contribution in [0.15, 0.2) is 29.3 Å². The van der Waals surface area contributed by atoms with Crippen LogP contribution >= 0.6 is 0 Å². The number of carbonyl (C=O) groups is 1. The van der Waals surface area contributed by atoms with Crippen molar-refractivity contribution in [3.8, 4) is 5.75 Å². The Morgan fingerprint density at radius 2 is 1.86 bits per heavy atom. The number of alkyl halides is 2. The van der Waals surface area contributed by atoms with E-state index in [1.807, 2.05) is 13.8 Å². The number of carbonyl (C=O) groups excluding carboxylic acids is 1. The highest BCUT2D eigenvalue weighted by molar-refractivity contribution is 6.09. The van der Waals surface area contributed by atoms with Crippen LogP contribution < -0.4 is 15.4 Å². The van der Waals surface area contributed by atoms with Crippen LogP contribution in [0.25, 0.3) is 0 Å². The minimum Gasteiger partial charge on any atom is -0.435 e. The number of benzene rings is 1. The van der Waals surface area contributed by atoms with Gasteiger partial charge in [0.1, 0.15) is 11.3 Å². The van der Waals surface area contributed by atoms with Gasteiger partial charge in [-0.05, 0) is 38.5 Å². The highest BCUT2D eigenvalue weighted by Gasteiger charge is 2.42. The smallest absolute Gasteiger partial charge is 0.387 e. The summed E-state index contributed by atoms with van der Waals surface area (Å²) in [4.78, 5) is 16.4. The first-order valence-corrected chi connectivity index (χ1v) is 6.54. The standard InChI is InChI=1S/C14H17F2N3O2/c1-8(2)17-13-18-11(20)14(3,19-13)9-4-6-10(7-5-9)21-12(15)16/h4-8,12H,1-3H3,(H2,17,18,19,20). The van der Waals surface area contributed by atoms with Gasteiger partial charge in [-0.25, -0.2) is 0 Å². The predicted octanol–water partition coefficient (Wildman–Crippen LogP) is 1.99. The monoisotopic (exact) mass is 297 g/mol. The first-order valence-electron chi connectivity index (χ1n) is 6.54. The molecule has 1 unspecified atom stereocenters. The van der Waals surface area contributed by atoms with Crippen LogP contribution in [-0.2, 0) is 10.3 Å². The molecule has 1 saturated heterocycles. The Hall–Kier alpha value is -2.18. The number of rotatable bonds is 4. The van der Waals surface area contributed by atoms with Crippen LogP contribution in [-0.4, -0.2) is 24.5 Å². The van der Waals surface area contributed by atoms with Gasteiger partial charge in [-0.2, -0.15) is 8.78 Å². The fourth-order valence-electron chi connectivity index (χ4n) is 2.05. The van der Waals surface area contributed by atoms with E-state index < -0.39 is 12.2 Å². The molecule has 0 saturated carbocycles. The molecule has 1 amide bonds. The zero-order valence-corrected chi connectivity index (χ0v) is 12.0. The van der Waals surface area contributed by atoms with E-state index in [4.69, 9.17) is 0 Å². The molecule has 114 valence electrons. The van der Waals surface area contributed by atoms with Crippen molar-refractivity contribution in [2.45, 2.75) is 39.0 Å². The molecule has 21 heavy (non-hydrogen) atoms. The van der Waals surface area contributed by atoms with E-state index >= 15 is 0 Å². The van der Waals surface area contributed by atoms with E-state index in [-0.39, 0.29) is 17.7 Å². The molecule has 1 aliphatic heterocycles. The Balaban J connectivity index is 2.22. The van der Waals surface area contributed by atoms with Crippen molar-refractivity contribution < 1.29 is 18.3 Å². The van der Waals surface area contributed by atoms with Gasteiger partial charge in [-0.3, -0.25) is 15.1 Å². The third-order valence-corrected chi connectivity index (χ3v) is 3.10. The Labute approximate surface area is 121 Å². The number of guanidine groups is 1. The van der Waals surface area contributed by atoms with Gasteiger partial charge < -0.3 is 10.1 Å². The summed E-state index contributed by atoms with van der Waals surface area (Å²) in [7, 11) is 0. The first kappa shape index (κ1) is 15.2. The third kappa shape index (κ3) is 3.29. The highest BCUT2D eigenvalue weighted by Crippen LogP contribution is 2.26. The van der Waals surface area contributed by atoms with Crippen LogP contribution in [0.2, 0.25) is 0 Å². The summed E-state index contributed by atoms with van der Waals surface area (Å²) in [5.74, 6) is 0.210. The number of hydrogen-bond donors (Lipinski definition) is 2. The molecule has 1 fully saturated rings. The average molecular weight is 297 g/mol. The molecular weight excluding hydrogens is 280 g/mol. The summed E-state index contributed by atoms with van der Waals surface area (Å²) < 4.78 is 28.5. The topological polar surface area (TPSA) is 62.7 Å². The van der Waals surface area contributed by atoms with Crippen molar-refractivity contribution in [3.05, 3.63) is 29.8 Å². The van der Waals surface area contributed by atoms with E-state index in [1.165, 1.54) is 12.1 Å². The number of halogens is 2. The number of amides is 1. The van der Waals surface area contributed by atoms with E-state index in [9.17, 15) is 13.6 Å². The second-order valence-electron chi connectivity index (χ2n) is 5.18. The molecule has 0 aliphatic carbocycles. The van der Waals surface area contributed by atoms with Gasteiger partial charge in [-0.1, -0.05) is 12.1 Å². The number of nitrogens with one attached hydrogen (secondary N) is 2. The van der Waals surface area contributed by atoms with Crippen molar-refractivity contribution in [2.24, 2.45) is 4.99 Å². The molecule has 1 heterocycles. The molecule has 0 aromatic heterocycles. The number of nitrogens with zero attached hydrogens (tertiary/aromatic N) is 1. The molecular formula is C14H17F2N3O2. The molecule has 0 radical (unpaired) electrons. The number of ether oxygens (including phenoxy) is 1. The molecule has 1 atom stereocenters. The van der Waals surface area contributed by atoms with Gasteiger partial charge in [0.15, 0.2) is 5.96 Å². The van der Waals surface area contributed by atoms with Gasteiger partial charge in [0.25, 0.3) is 5.91 Å². The van der Waals surface area contributed by atoms with Crippen LogP contribution in [0, 0.1) is 0 Å². The predicted molar refractivity (Wildman–Crippen MR) is 74.3 cm³/mol. The molecule has 0 bridgehead atoms. The summed E-state index contributed by atoms with van der Waals surface area (Å²) in [5.41, 5.74) is -0.354. The molecule has 2 rings (SSSR count). The van der Waals surface area contributed by atoms with Crippen molar-refractivity contribution >= 4 is 11.9 Å². The zero-order chi connectivity index (χ0) is 15.6. The summed E-state index contributed by atoms with van der Waals surface area (Å²) >= 11 is 0. The first-order chi connectivity index (χ1) is 9.81. The number of hydrogen-bond acceptors (Lipinski definition) is 3. The number of aliphatic imine (C=N–C) groups is 1. The lowest BCUT2D eigenvalue weighted by Gasteiger charge is -2.22. The normalized spacial score (nSPS) is 23.6. The molecule has 1 aromatic carbocycles.